The number of nitrogens with zero attached hydrogens (tertiary/aromatic N) is 1. The lowest BCUT2D eigenvalue weighted by molar-refractivity contribution is -0.132. The monoisotopic (exact) mass is 336 g/mol. The van der Waals surface area contributed by atoms with Crippen molar-refractivity contribution < 1.29 is 14.4 Å². The summed E-state index contributed by atoms with van der Waals surface area (Å²) in [7, 11) is 1.50. The number of rotatable bonds is 4. The van der Waals surface area contributed by atoms with Gasteiger partial charge in [0.1, 0.15) is 6.04 Å². The third-order valence-corrected chi connectivity index (χ3v) is 4.30. The molecule has 1 fully saturated rings. The van der Waals surface area contributed by atoms with Gasteiger partial charge in [0, 0.05) is 30.7 Å². The second-order valence-corrected chi connectivity index (χ2v) is 5.92. The highest BCUT2D eigenvalue weighted by atomic mass is 32.2. The lowest BCUT2D eigenvalue weighted by Gasteiger charge is -2.34. The fourth-order valence-corrected chi connectivity index (χ4v) is 2.79. The van der Waals surface area contributed by atoms with Crippen molar-refractivity contribution in [3.8, 4) is 0 Å². The van der Waals surface area contributed by atoms with E-state index in [2.05, 4.69) is 16.0 Å². The smallest absolute Gasteiger partial charge is 0.322 e. The zero-order valence-electron chi connectivity index (χ0n) is 13.1. The summed E-state index contributed by atoms with van der Waals surface area (Å²) in [6.07, 6.45) is 1.90. The van der Waals surface area contributed by atoms with Gasteiger partial charge in [-0.1, -0.05) is 6.07 Å². The Balaban J connectivity index is 2.11. The number of hydrogen-bond donors (Lipinski definition) is 3. The molecule has 0 unspecified atom stereocenters. The number of anilines is 1. The molecule has 0 radical (unpaired) electrons. The van der Waals surface area contributed by atoms with Gasteiger partial charge in [0.25, 0.3) is 0 Å². The number of hydrogen-bond acceptors (Lipinski definition) is 4. The maximum atomic E-state index is 12.5. The predicted molar refractivity (Wildman–Crippen MR) is 89.4 cm³/mol. The highest BCUT2D eigenvalue weighted by Gasteiger charge is 2.34. The molecule has 1 heterocycles. The van der Waals surface area contributed by atoms with E-state index in [1.165, 1.54) is 11.9 Å². The fourth-order valence-electron chi connectivity index (χ4n) is 2.33. The summed E-state index contributed by atoms with van der Waals surface area (Å²) in [5.41, 5.74) is 0.659. The van der Waals surface area contributed by atoms with Crippen LogP contribution < -0.4 is 16.0 Å². The highest BCUT2D eigenvalue weighted by Crippen LogP contribution is 2.20. The Hall–Kier alpha value is -2.22. The van der Waals surface area contributed by atoms with Gasteiger partial charge in [-0.2, -0.15) is 0 Å². The van der Waals surface area contributed by atoms with Gasteiger partial charge in [-0.05, 0) is 24.5 Å². The molecule has 1 aromatic carbocycles. The van der Waals surface area contributed by atoms with Crippen molar-refractivity contribution in [3.05, 3.63) is 24.3 Å². The Bertz CT molecular complexity index is 608. The van der Waals surface area contributed by atoms with Crippen LogP contribution >= 0.6 is 11.8 Å². The number of amides is 4. The Labute approximate surface area is 139 Å². The van der Waals surface area contributed by atoms with Crippen LogP contribution in [-0.2, 0) is 9.59 Å². The molecule has 4 amide bonds. The minimum atomic E-state index is -0.799. The molecular weight excluding hydrogens is 316 g/mol. The fraction of sp³-hybridized carbons (Fsp3) is 0.400. The second kappa shape index (κ2) is 7.87. The standard InChI is InChI=1S/C15H20N4O3S/c1-16-13(20)9-12-14(21)17-6-7-19(12)15(22)18-10-4-3-5-11(8-10)23-2/h3-5,8,12H,6-7,9H2,1-2H3,(H,16,20)(H,17,21)(H,18,22)/t12-/m1/s1. The quantitative estimate of drug-likeness (QED) is 0.712. The molecule has 0 aromatic heterocycles. The van der Waals surface area contributed by atoms with E-state index in [9.17, 15) is 14.4 Å². The van der Waals surface area contributed by atoms with Gasteiger partial charge in [-0.15, -0.1) is 11.8 Å². The zero-order valence-corrected chi connectivity index (χ0v) is 13.9. The molecule has 0 saturated carbocycles. The Morgan fingerprint density at radius 2 is 2.22 bits per heavy atom. The minimum Gasteiger partial charge on any atom is -0.359 e. The topological polar surface area (TPSA) is 90.5 Å². The SMILES string of the molecule is CNC(=O)C[C@@H]1C(=O)NCCN1C(=O)Nc1cccc(SC)c1. The average Bonchev–Trinajstić information content (AvgIpc) is 2.56. The van der Waals surface area contributed by atoms with E-state index in [1.54, 1.807) is 17.8 Å². The minimum absolute atomic E-state index is 0.0550. The lowest BCUT2D eigenvalue weighted by Crippen LogP contribution is -2.59. The first-order valence-corrected chi connectivity index (χ1v) is 8.47. The molecule has 1 aliphatic heterocycles. The zero-order chi connectivity index (χ0) is 16.8. The highest BCUT2D eigenvalue weighted by molar-refractivity contribution is 7.98. The van der Waals surface area contributed by atoms with E-state index in [1.807, 2.05) is 24.5 Å². The maximum absolute atomic E-state index is 12.5. The first-order chi connectivity index (χ1) is 11.0. The third kappa shape index (κ3) is 4.38. The number of carbonyl (C=O) groups excluding carboxylic acids is 3. The predicted octanol–water partition coefficient (Wildman–Crippen LogP) is 0.877. The molecule has 0 aliphatic carbocycles. The number of benzene rings is 1. The number of piperazine rings is 1. The molecule has 1 aliphatic rings. The molecule has 8 heteroatoms. The number of urea groups is 1. The van der Waals surface area contributed by atoms with Crippen LogP contribution in [0.1, 0.15) is 6.42 Å². The Morgan fingerprint density at radius 3 is 2.91 bits per heavy atom. The van der Waals surface area contributed by atoms with Crippen LogP contribution in [0, 0.1) is 0 Å². The van der Waals surface area contributed by atoms with E-state index in [0.29, 0.717) is 18.8 Å². The van der Waals surface area contributed by atoms with Gasteiger partial charge in [-0.3, -0.25) is 9.59 Å². The number of nitrogens with one attached hydrogen (secondary N) is 3. The summed E-state index contributed by atoms with van der Waals surface area (Å²) in [4.78, 5) is 38.5. The molecule has 2 rings (SSSR count). The van der Waals surface area contributed by atoms with E-state index in [0.717, 1.165) is 4.90 Å². The normalized spacial score (nSPS) is 17.4. The van der Waals surface area contributed by atoms with Gasteiger partial charge in [-0.25, -0.2) is 4.79 Å². The lowest BCUT2D eigenvalue weighted by atomic mass is 10.1. The van der Waals surface area contributed by atoms with E-state index >= 15 is 0 Å². The van der Waals surface area contributed by atoms with Crippen molar-refractivity contribution in [1.29, 1.82) is 0 Å². The molecule has 1 saturated heterocycles. The van der Waals surface area contributed by atoms with Crippen molar-refractivity contribution >= 4 is 35.3 Å². The number of thioether (sulfide) groups is 1. The summed E-state index contributed by atoms with van der Waals surface area (Å²) in [5, 5.41) is 7.95. The summed E-state index contributed by atoms with van der Waals surface area (Å²) in [5.74, 6) is -0.595. The molecule has 0 spiro atoms. The molecule has 23 heavy (non-hydrogen) atoms. The molecule has 124 valence electrons. The first-order valence-electron chi connectivity index (χ1n) is 7.25. The van der Waals surface area contributed by atoms with E-state index in [-0.39, 0.29) is 24.3 Å². The van der Waals surface area contributed by atoms with Crippen LogP contribution in [0.3, 0.4) is 0 Å². The van der Waals surface area contributed by atoms with Crippen molar-refractivity contribution in [2.45, 2.75) is 17.4 Å². The van der Waals surface area contributed by atoms with Crippen molar-refractivity contribution in [1.82, 2.24) is 15.5 Å². The van der Waals surface area contributed by atoms with Gasteiger partial charge in [0.05, 0.1) is 6.42 Å². The Morgan fingerprint density at radius 1 is 1.43 bits per heavy atom. The molecule has 3 N–H and O–H groups in total. The summed E-state index contributed by atoms with van der Waals surface area (Å²) >= 11 is 1.58. The first kappa shape index (κ1) is 17.1. The molecule has 0 bridgehead atoms. The van der Waals surface area contributed by atoms with Crippen LogP contribution in [0.25, 0.3) is 0 Å². The van der Waals surface area contributed by atoms with Crippen molar-refractivity contribution in [2.75, 3.05) is 31.7 Å². The van der Waals surface area contributed by atoms with Crippen molar-refractivity contribution in [3.63, 3.8) is 0 Å². The van der Waals surface area contributed by atoms with E-state index < -0.39 is 6.04 Å². The van der Waals surface area contributed by atoms with Crippen LogP contribution in [-0.4, -0.2) is 55.2 Å². The van der Waals surface area contributed by atoms with Crippen LogP contribution in [0.5, 0.6) is 0 Å². The summed E-state index contributed by atoms with van der Waals surface area (Å²) in [6, 6.07) is 6.27. The molecular formula is C15H20N4O3S. The summed E-state index contributed by atoms with van der Waals surface area (Å²) in [6.45, 7) is 0.739. The van der Waals surface area contributed by atoms with Crippen molar-refractivity contribution in [2.24, 2.45) is 0 Å². The van der Waals surface area contributed by atoms with Crippen LogP contribution in [0.15, 0.2) is 29.2 Å². The molecule has 1 atom stereocenters. The van der Waals surface area contributed by atoms with Gasteiger partial charge in [0.15, 0.2) is 0 Å². The van der Waals surface area contributed by atoms with E-state index in [4.69, 9.17) is 0 Å². The van der Waals surface area contributed by atoms with Gasteiger partial charge >= 0.3 is 6.03 Å². The van der Waals surface area contributed by atoms with Gasteiger partial charge in [0.2, 0.25) is 11.8 Å². The summed E-state index contributed by atoms with van der Waals surface area (Å²) < 4.78 is 0. The van der Waals surface area contributed by atoms with Crippen LogP contribution in [0.2, 0.25) is 0 Å². The van der Waals surface area contributed by atoms with Gasteiger partial charge < -0.3 is 20.9 Å². The molecule has 7 nitrogen and oxygen atoms in total. The largest absolute Gasteiger partial charge is 0.359 e. The number of carbonyl (C=O) groups is 3. The third-order valence-electron chi connectivity index (χ3n) is 3.57. The second-order valence-electron chi connectivity index (χ2n) is 5.04. The maximum Gasteiger partial charge on any atom is 0.322 e. The van der Waals surface area contributed by atoms with Crippen LogP contribution in [0.4, 0.5) is 10.5 Å². The Kier molecular flexibility index (Phi) is 5.86. The molecule has 1 aromatic rings. The average molecular weight is 336 g/mol.